The molecule has 4 nitrogen and oxygen atoms in total. The van der Waals surface area contributed by atoms with Gasteiger partial charge < -0.3 is 0 Å². The third kappa shape index (κ3) is 4.05. The fraction of sp³-hybridized carbons (Fsp3) is 0.208. The minimum atomic E-state index is -0.0560. The third-order valence-electron chi connectivity index (χ3n) is 4.86. The minimum absolute atomic E-state index is 0.0560. The monoisotopic (exact) mass is 401 g/mol. The number of carbonyl (C=O) groups excluding carboxylic acids is 1. The average Bonchev–Trinajstić information content (AvgIpc) is 3.15. The van der Waals surface area contributed by atoms with Crippen LogP contribution in [0.25, 0.3) is 10.2 Å². The number of amides is 1. The van der Waals surface area contributed by atoms with Crippen molar-refractivity contribution in [1.82, 2.24) is 9.97 Å². The van der Waals surface area contributed by atoms with E-state index in [4.69, 9.17) is 4.98 Å². The second kappa shape index (κ2) is 8.13. The quantitative estimate of drug-likeness (QED) is 0.430. The number of benzene rings is 2. The van der Waals surface area contributed by atoms with E-state index in [9.17, 15) is 4.79 Å². The number of pyridine rings is 1. The molecule has 0 fully saturated rings. The maximum Gasteiger partial charge on any atom is 0.260 e. The number of aryl methyl sites for hydroxylation is 3. The molecule has 0 N–H and O–H groups in total. The van der Waals surface area contributed by atoms with E-state index in [0.717, 1.165) is 33.5 Å². The maximum absolute atomic E-state index is 13.6. The van der Waals surface area contributed by atoms with Crippen LogP contribution in [0.15, 0.2) is 60.8 Å². The van der Waals surface area contributed by atoms with Crippen LogP contribution in [-0.4, -0.2) is 15.9 Å². The molecule has 146 valence electrons. The van der Waals surface area contributed by atoms with E-state index in [-0.39, 0.29) is 5.91 Å². The van der Waals surface area contributed by atoms with Gasteiger partial charge in [-0.15, -0.1) is 0 Å². The van der Waals surface area contributed by atoms with Gasteiger partial charge in [-0.2, -0.15) is 0 Å². The molecule has 0 atom stereocenters. The van der Waals surface area contributed by atoms with Crippen LogP contribution in [0.2, 0.25) is 0 Å². The first-order valence-electron chi connectivity index (χ1n) is 9.73. The fourth-order valence-electron chi connectivity index (χ4n) is 3.53. The topological polar surface area (TPSA) is 46.1 Å². The number of hydrogen-bond donors (Lipinski definition) is 0. The summed E-state index contributed by atoms with van der Waals surface area (Å²) in [5.41, 5.74) is 5.83. The zero-order valence-electron chi connectivity index (χ0n) is 16.8. The zero-order valence-corrected chi connectivity index (χ0v) is 17.7. The molecule has 0 saturated carbocycles. The Balaban J connectivity index is 1.81. The molecule has 2 aromatic heterocycles. The molecule has 29 heavy (non-hydrogen) atoms. The van der Waals surface area contributed by atoms with Crippen LogP contribution in [0.1, 0.15) is 39.7 Å². The van der Waals surface area contributed by atoms with Crippen molar-refractivity contribution in [3.63, 3.8) is 0 Å². The summed E-state index contributed by atoms with van der Waals surface area (Å²) < 4.78 is 1.10. The van der Waals surface area contributed by atoms with Crippen LogP contribution in [0, 0.1) is 13.8 Å². The molecule has 1 amide bonds. The van der Waals surface area contributed by atoms with Crippen LogP contribution in [0.3, 0.4) is 0 Å². The van der Waals surface area contributed by atoms with Crippen LogP contribution < -0.4 is 4.90 Å². The minimum Gasteiger partial charge on any atom is -0.278 e. The van der Waals surface area contributed by atoms with Gasteiger partial charge in [0.15, 0.2) is 5.13 Å². The molecule has 0 saturated heterocycles. The molecular formula is C24H23N3OS. The lowest BCUT2D eigenvalue weighted by Gasteiger charge is -2.20. The molecule has 4 rings (SSSR count). The Kier molecular flexibility index (Phi) is 5.41. The van der Waals surface area contributed by atoms with Gasteiger partial charge in [-0.3, -0.25) is 14.7 Å². The molecule has 0 aliphatic heterocycles. The number of anilines is 1. The summed E-state index contributed by atoms with van der Waals surface area (Å²) in [6, 6.07) is 17.9. The maximum atomic E-state index is 13.6. The Morgan fingerprint density at radius 2 is 1.83 bits per heavy atom. The predicted molar refractivity (Wildman–Crippen MR) is 120 cm³/mol. The predicted octanol–water partition coefficient (Wildman–Crippen LogP) is 5.72. The van der Waals surface area contributed by atoms with Gasteiger partial charge in [0.05, 0.1) is 22.5 Å². The van der Waals surface area contributed by atoms with Crippen molar-refractivity contribution in [3.8, 4) is 0 Å². The lowest BCUT2D eigenvalue weighted by Crippen LogP contribution is -2.30. The molecule has 0 aliphatic carbocycles. The normalized spacial score (nSPS) is 11.0. The molecule has 0 unspecified atom stereocenters. The van der Waals surface area contributed by atoms with E-state index in [1.807, 2.05) is 44.2 Å². The van der Waals surface area contributed by atoms with E-state index in [2.05, 4.69) is 36.2 Å². The number of rotatable bonds is 5. The van der Waals surface area contributed by atoms with Crippen molar-refractivity contribution in [1.29, 1.82) is 0 Å². The van der Waals surface area contributed by atoms with Crippen LogP contribution >= 0.6 is 11.3 Å². The summed E-state index contributed by atoms with van der Waals surface area (Å²) >= 11 is 1.55. The second-order valence-corrected chi connectivity index (χ2v) is 8.21. The van der Waals surface area contributed by atoms with E-state index >= 15 is 0 Å². The van der Waals surface area contributed by atoms with E-state index in [1.54, 1.807) is 22.4 Å². The van der Waals surface area contributed by atoms with Gasteiger partial charge in [0, 0.05) is 11.8 Å². The van der Waals surface area contributed by atoms with E-state index in [0.29, 0.717) is 17.2 Å². The zero-order chi connectivity index (χ0) is 20.4. The standard InChI is InChI=1S/C24H23N3OS/c1-4-18-8-7-10-21-22(18)26-24(29-21)27(15-20-9-5-6-11-25-20)23(28)19-13-16(2)12-17(3)14-19/h5-14H,4,15H2,1-3H3. The SMILES string of the molecule is CCc1cccc2sc(N(Cc3ccccn3)C(=O)c3cc(C)cc(C)c3)nc12. The first-order valence-corrected chi connectivity index (χ1v) is 10.6. The van der Waals surface area contributed by atoms with Gasteiger partial charge in [-0.05, 0) is 56.2 Å². The van der Waals surface area contributed by atoms with Gasteiger partial charge in [-0.1, -0.05) is 53.7 Å². The first kappa shape index (κ1) is 19.3. The van der Waals surface area contributed by atoms with Crippen molar-refractivity contribution in [2.75, 3.05) is 4.90 Å². The highest BCUT2D eigenvalue weighted by molar-refractivity contribution is 7.22. The lowest BCUT2D eigenvalue weighted by molar-refractivity contribution is 0.0984. The molecule has 5 heteroatoms. The lowest BCUT2D eigenvalue weighted by atomic mass is 10.1. The number of carbonyl (C=O) groups is 1. The summed E-state index contributed by atoms with van der Waals surface area (Å²) in [5.74, 6) is -0.0560. The van der Waals surface area contributed by atoms with Crippen molar-refractivity contribution in [2.24, 2.45) is 0 Å². The highest BCUT2D eigenvalue weighted by Gasteiger charge is 2.23. The number of thiazole rings is 1. The summed E-state index contributed by atoms with van der Waals surface area (Å²) in [7, 11) is 0. The number of fused-ring (bicyclic) bond motifs is 1. The Hall–Kier alpha value is -3.05. The smallest absolute Gasteiger partial charge is 0.260 e. The van der Waals surface area contributed by atoms with E-state index in [1.165, 1.54) is 5.56 Å². The highest BCUT2D eigenvalue weighted by Crippen LogP contribution is 2.32. The second-order valence-electron chi connectivity index (χ2n) is 7.20. The first-order chi connectivity index (χ1) is 14.0. The van der Waals surface area contributed by atoms with Gasteiger partial charge in [0.25, 0.3) is 5.91 Å². The van der Waals surface area contributed by atoms with Crippen LogP contribution in [0.5, 0.6) is 0 Å². The Morgan fingerprint density at radius 3 is 2.52 bits per heavy atom. The van der Waals surface area contributed by atoms with Crippen LogP contribution in [0.4, 0.5) is 5.13 Å². The summed E-state index contributed by atoms with van der Waals surface area (Å²) in [5, 5.41) is 0.704. The third-order valence-corrected chi connectivity index (χ3v) is 5.91. The van der Waals surface area contributed by atoms with Gasteiger partial charge in [0.2, 0.25) is 0 Å². The molecule has 2 aromatic carbocycles. The molecule has 0 bridgehead atoms. The van der Waals surface area contributed by atoms with Crippen molar-refractivity contribution in [2.45, 2.75) is 33.7 Å². The summed E-state index contributed by atoms with van der Waals surface area (Å²) in [4.78, 5) is 24.6. The Morgan fingerprint density at radius 1 is 1.03 bits per heavy atom. The van der Waals surface area contributed by atoms with E-state index < -0.39 is 0 Å². The largest absolute Gasteiger partial charge is 0.278 e. The average molecular weight is 402 g/mol. The Bertz CT molecular complexity index is 1150. The molecular weight excluding hydrogens is 378 g/mol. The van der Waals surface area contributed by atoms with Crippen molar-refractivity contribution >= 4 is 32.6 Å². The molecule has 4 aromatic rings. The number of hydrogen-bond acceptors (Lipinski definition) is 4. The highest BCUT2D eigenvalue weighted by atomic mass is 32.1. The van der Waals surface area contributed by atoms with Crippen LogP contribution in [-0.2, 0) is 13.0 Å². The molecule has 0 radical (unpaired) electrons. The fourth-order valence-corrected chi connectivity index (χ4v) is 4.54. The number of para-hydroxylation sites is 1. The molecule has 0 spiro atoms. The van der Waals surface area contributed by atoms with Gasteiger partial charge >= 0.3 is 0 Å². The number of aromatic nitrogens is 2. The molecule has 2 heterocycles. The number of nitrogens with zero attached hydrogens (tertiary/aromatic N) is 3. The Labute approximate surface area is 174 Å². The van der Waals surface area contributed by atoms with Gasteiger partial charge in [-0.25, -0.2) is 4.98 Å². The van der Waals surface area contributed by atoms with Gasteiger partial charge in [0.1, 0.15) is 0 Å². The molecule has 0 aliphatic rings. The summed E-state index contributed by atoms with van der Waals surface area (Å²) in [6.45, 7) is 6.53. The van der Waals surface area contributed by atoms with Crippen molar-refractivity contribution < 1.29 is 4.79 Å². The summed E-state index contributed by atoms with van der Waals surface area (Å²) in [6.07, 6.45) is 2.66. The van der Waals surface area contributed by atoms with Crippen molar-refractivity contribution in [3.05, 3.63) is 88.7 Å².